The minimum absolute atomic E-state index is 0.0337. The first-order chi connectivity index (χ1) is 11.2. The van der Waals surface area contributed by atoms with Crippen molar-refractivity contribution in [2.45, 2.75) is 38.1 Å². The van der Waals surface area contributed by atoms with Gasteiger partial charge in [0, 0.05) is 31.5 Å². The predicted molar refractivity (Wildman–Crippen MR) is 89.2 cm³/mol. The van der Waals surface area contributed by atoms with Crippen molar-refractivity contribution in [3.63, 3.8) is 0 Å². The monoisotopic (exact) mass is 336 g/mol. The molecule has 3 rings (SSSR count). The summed E-state index contributed by atoms with van der Waals surface area (Å²) in [6.45, 7) is 0.674. The highest BCUT2D eigenvalue weighted by molar-refractivity contribution is 7.12. The van der Waals surface area contributed by atoms with E-state index in [1.54, 1.807) is 6.07 Å². The fourth-order valence-corrected chi connectivity index (χ4v) is 4.74. The average molecular weight is 336 g/mol. The molecule has 1 aromatic rings. The van der Waals surface area contributed by atoms with E-state index < -0.39 is 0 Å². The average Bonchev–Trinajstić information content (AvgIpc) is 3.27. The Labute approximate surface area is 140 Å². The van der Waals surface area contributed by atoms with E-state index >= 15 is 0 Å². The molecule has 4 atom stereocenters. The number of aliphatic hydroxyl groups excluding tert-OH is 1. The zero-order chi connectivity index (χ0) is 16.2. The van der Waals surface area contributed by atoms with E-state index in [4.69, 9.17) is 0 Å². The molecule has 126 valence electrons. The van der Waals surface area contributed by atoms with Gasteiger partial charge in [0.25, 0.3) is 5.91 Å². The zero-order valence-corrected chi connectivity index (χ0v) is 14.0. The second kappa shape index (κ2) is 7.45. The van der Waals surface area contributed by atoms with E-state index in [0.29, 0.717) is 36.1 Å². The zero-order valence-electron chi connectivity index (χ0n) is 13.2. The number of hydrogen-bond acceptors (Lipinski definition) is 4. The molecule has 2 aliphatic carbocycles. The van der Waals surface area contributed by atoms with Gasteiger partial charge in [0.15, 0.2) is 0 Å². The number of rotatable bonds is 7. The van der Waals surface area contributed by atoms with Gasteiger partial charge in [-0.05, 0) is 49.0 Å². The summed E-state index contributed by atoms with van der Waals surface area (Å²) in [4.78, 5) is 24.6. The molecular formula is C17H24N2O3S. The van der Waals surface area contributed by atoms with E-state index in [2.05, 4.69) is 10.6 Å². The third-order valence-corrected chi connectivity index (χ3v) is 6.11. The molecule has 2 fully saturated rings. The van der Waals surface area contributed by atoms with Crippen molar-refractivity contribution >= 4 is 23.2 Å². The first kappa shape index (κ1) is 16.5. The molecule has 0 spiro atoms. The number of fused-ring (bicyclic) bond motifs is 2. The number of aliphatic hydroxyl groups is 1. The van der Waals surface area contributed by atoms with E-state index in [9.17, 15) is 14.7 Å². The summed E-state index contributed by atoms with van der Waals surface area (Å²) >= 11 is 1.41. The molecule has 5 nitrogen and oxygen atoms in total. The van der Waals surface area contributed by atoms with Crippen LogP contribution < -0.4 is 10.6 Å². The lowest BCUT2D eigenvalue weighted by atomic mass is 9.85. The molecule has 0 radical (unpaired) electrons. The van der Waals surface area contributed by atoms with Gasteiger partial charge in [-0.25, -0.2) is 0 Å². The molecule has 0 aromatic carbocycles. The maximum Gasteiger partial charge on any atom is 0.261 e. The molecule has 3 N–H and O–H groups in total. The van der Waals surface area contributed by atoms with Crippen LogP contribution in [0.2, 0.25) is 0 Å². The summed E-state index contributed by atoms with van der Waals surface area (Å²) in [6.07, 6.45) is 4.55. The van der Waals surface area contributed by atoms with Gasteiger partial charge in [-0.15, -0.1) is 11.3 Å². The van der Waals surface area contributed by atoms with Gasteiger partial charge in [0.2, 0.25) is 5.91 Å². The Bertz CT molecular complexity index is 546. The highest BCUT2D eigenvalue weighted by Crippen LogP contribution is 2.48. The molecule has 0 saturated heterocycles. The van der Waals surface area contributed by atoms with Crippen LogP contribution in [0.25, 0.3) is 0 Å². The topological polar surface area (TPSA) is 78.4 Å². The van der Waals surface area contributed by atoms with Gasteiger partial charge in [-0.1, -0.05) is 6.07 Å². The summed E-state index contributed by atoms with van der Waals surface area (Å²) in [5, 5.41) is 17.4. The van der Waals surface area contributed by atoms with Gasteiger partial charge < -0.3 is 15.7 Å². The largest absolute Gasteiger partial charge is 0.396 e. The lowest BCUT2D eigenvalue weighted by Gasteiger charge is -2.30. The number of carbonyl (C=O) groups excluding carboxylic acids is 2. The van der Waals surface area contributed by atoms with E-state index in [0.717, 1.165) is 6.42 Å². The second-order valence-electron chi connectivity index (χ2n) is 6.61. The van der Waals surface area contributed by atoms with Crippen LogP contribution in [0.5, 0.6) is 0 Å². The summed E-state index contributed by atoms with van der Waals surface area (Å²) in [6, 6.07) is 3.78. The summed E-state index contributed by atoms with van der Waals surface area (Å²) in [7, 11) is 0. The van der Waals surface area contributed by atoms with Gasteiger partial charge in [-0.3, -0.25) is 9.59 Å². The van der Waals surface area contributed by atoms with Crippen LogP contribution in [0.3, 0.4) is 0 Å². The van der Waals surface area contributed by atoms with Crippen LogP contribution in [0.1, 0.15) is 41.8 Å². The van der Waals surface area contributed by atoms with Crippen LogP contribution in [-0.2, 0) is 4.79 Å². The lowest BCUT2D eigenvalue weighted by Crippen LogP contribution is -2.45. The minimum Gasteiger partial charge on any atom is -0.396 e. The van der Waals surface area contributed by atoms with Crippen molar-refractivity contribution < 1.29 is 14.7 Å². The number of amides is 2. The highest BCUT2D eigenvalue weighted by Gasteiger charge is 2.47. The van der Waals surface area contributed by atoms with Gasteiger partial charge in [0.05, 0.1) is 4.88 Å². The molecule has 0 aliphatic heterocycles. The molecule has 2 amide bonds. The maximum absolute atomic E-state index is 12.1. The number of hydrogen-bond donors (Lipinski definition) is 3. The Morgan fingerprint density at radius 2 is 2.13 bits per heavy atom. The molecule has 2 saturated carbocycles. The maximum atomic E-state index is 12.1. The Kier molecular flexibility index (Phi) is 5.33. The van der Waals surface area contributed by atoms with Crippen LogP contribution in [0.4, 0.5) is 0 Å². The summed E-state index contributed by atoms with van der Waals surface area (Å²) in [5.41, 5.74) is 0. The van der Waals surface area contributed by atoms with Crippen molar-refractivity contribution in [1.29, 1.82) is 0 Å². The summed E-state index contributed by atoms with van der Waals surface area (Å²) < 4.78 is 0. The van der Waals surface area contributed by atoms with E-state index in [-0.39, 0.29) is 30.4 Å². The first-order valence-electron chi connectivity index (χ1n) is 8.41. The fourth-order valence-electron chi connectivity index (χ4n) is 4.10. The third kappa shape index (κ3) is 3.75. The molecule has 2 bridgehead atoms. The second-order valence-corrected chi connectivity index (χ2v) is 7.56. The Morgan fingerprint density at radius 1 is 1.30 bits per heavy atom. The third-order valence-electron chi connectivity index (χ3n) is 5.24. The highest BCUT2D eigenvalue weighted by atomic mass is 32.1. The molecule has 4 unspecified atom stereocenters. The van der Waals surface area contributed by atoms with Gasteiger partial charge >= 0.3 is 0 Å². The predicted octanol–water partition coefficient (Wildman–Crippen LogP) is 1.78. The minimum atomic E-state index is -0.0751. The van der Waals surface area contributed by atoms with E-state index in [1.165, 1.54) is 24.2 Å². The molecule has 23 heavy (non-hydrogen) atoms. The number of thiophene rings is 1. The van der Waals surface area contributed by atoms with Crippen molar-refractivity contribution in [2.24, 2.45) is 17.8 Å². The van der Waals surface area contributed by atoms with Crippen molar-refractivity contribution in [3.05, 3.63) is 22.4 Å². The van der Waals surface area contributed by atoms with Crippen molar-refractivity contribution in [2.75, 3.05) is 13.2 Å². The van der Waals surface area contributed by atoms with E-state index in [1.807, 2.05) is 11.4 Å². The van der Waals surface area contributed by atoms with Gasteiger partial charge in [0.1, 0.15) is 0 Å². The van der Waals surface area contributed by atoms with Crippen LogP contribution >= 0.6 is 11.3 Å². The Balaban J connectivity index is 1.36. The van der Waals surface area contributed by atoms with Crippen LogP contribution in [0, 0.1) is 17.8 Å². The molecule has 6 heteroatoms. The fraction of sp³-hybridized carbons (Fsp3) is 0.647. The number of carbonyl (C=O) groups is 2. The Morgan fingerprint density at radius 3 is 2.87 bits per heavy atom. The quantitative estimate of drug-likeness (QED) is 0.664. The molecular weight excluding hydrogens is 312 g/mol. The first-order valence-corrected chi connectivity index (χ1v) is 9.29. The molecule has 2 aliphatic rings. The number of nitrogens with one attached hydrogen (secondary N) is 2. The molecule has 1 aromatic heterocycles. The smallest absolute Gasteiger partial charge is 0.261 e. The van der Waals surface area contributed by atoms with Crippen molar-refractivity contribution in [1.82, 2.24) is 10.6 Å². The SMILES string of the molecule is O=C(CCCNC(=O)c1cccs1)NC1C2CCC(C2)C1CO. The molecule has 1 heterocycles. The van der Waals surface area contributed by atoms with Crippen LogP contribution in [0.15, 0.2) is 17.5 Å². The normalized spacial score (nSPS) is 28.7. The Hall–Kier alpha value is -1.40. The standard InChI is InChI=1S/C17H24N2O3S/c20-10-13-11-5-6-12(9-11)16(13)19-15(21)4-1-7-18-17(22)14-3-2-8-23-14/h2-3,8,11-13,16,20H,1,4-7,9-10H2,(H,18,22)(H,19,21). The van der Waals surface area contributed by atoms with Gasteiger partial charge in [-0.2, -0.15) is 0 Å². The lowest BCUT2D eigenvalue weighted by molar-refractivity contribution is -0.122. The van der Waals surface area contributed by atoms with Crippen molar-refractivity contribution in [3.8, 4) is 0 Å². The van der Waals surface area contributed by atoms with Crippen LogP contribution in [-0.4, -0.2) is 36.1 Å². The summed E-state index contributed by atoms with van der Waals surface area (Å²) in [5.74, 6) is 1.32.